The van der Waals surface area contributed by atoms with Gasteiger partial charge in [0, 0.05) is 18.6 Å². The normalized spacial score (nSPS) is 22.9. The highest BCUT2D eigenvalue weighted by Crippen LogP contribution is 2.14. The molecular formula is C16H35N3. The Morgan fingerprint density at radius 1 is 1.37 bits per heavy atom. The van der Waals surface area contributed by atoms with Gasteiger partial charge < -0.3 is 15.1 Å². The molecule has 1 heterocycles. The van der Waals surface area contributed by atoms with Crippen molar-refractivity contribution in [3.63, 3.8) is 0 Å². The molecule has 2 unspecified atom stereocenters. The minimum absolute atomic E-state index is 0.724. The molecule has 1 aliphatic rings. The summed E-state index contributed by atoms with van der Waals surface area (Å²) in [4.78, 5) is 5.06. The molecule has 1 fully saturated rings. The third-order valence-corrected chi connectivity index (χ3v) is 4.46. The van der Waals surface area contributed by atoms with Crippen LogP contribution in [-0.2, 0) is 0 Å². The van der Waals surface area contributed by atoms with Crippen LogP contribution in [0.25, 0.3) is 0 Å². The van der Waals surface area contributed by atoms with E-state index in [-0.39, 0.29) is 0 Å². The van der Waals surface area contributed by atoms with E-state index in [0.717, 1.165) is 12.1 Å². The summed E-state index contributed by atoms with van der Waals surface area (Å²) in [6.07, 6.45) is 7.89. The van der Waals surface area contributed by atoms with Gasteiger partial charge in [-0.3, -0.25) is 0 Å². The maximum Gasteiger partial charge on any atom is 0.0220 e. The minimum atomic E-state index is 0.724. The third kappa shape index (κ3) is 6.73. The first kappa shape index (κ1) is 16.9. The van der Waals surface area contributed by atoms with Crippen LogP contribution in [0.2, 0.25) is 0 Å². The topological polar surface area (TPSA) is 18.5 Å². The Balaban J connectivity index is 2.16. The molecule has 2 atom stereocenters. The summed E-state index contributed by atoms with van der Waals surface area (Å²) in [6, 6.07) is 1.50. The fourth-order valence-electron chi connectivity index (χ4n) is 3.07. The van der Waals surface area contributed by atoms with Crippen LogP contribution in [0.5, 0.6) is 0 Å². The lowest BCUT2D eigenvalue weighted by atomic mass is 10.0. The van der Waals surface area contributed by atoms with Gasteiger partial charge in [-0.1, -0.05) is 13.8 Å². The highest BCUT2D eigenvalue weighted by molar-refractivity contribution is 4.78. The summed E-state index contributed by atoms with van der Waals surface area (Å²) in [7, 11) is 4.56. The van der Waals surface area contributed by atoms with Crippen LogP contribution in [0.4, 0.5) is 0 Å². The fourth-order valence-corrected chi connectivity index (χ4v) is 3.07. The van der Waals surface area contributed by atoms with Crippen molar-refractivity contribution in [2.24, 2.45) is 0 Å². The van der Waals surface area contributed by atoms with Crippen molar-refractivity contribution in [1.82, 2.24) is 15.1 Å². The average Bonchev–Trinajstić information content (AvgIpc) is 2.42. The van der Waals surface area contributed by atoms with Gasteiger partial charge in [0.2, 0.25) is 0 Å². The first-order chi connectivity index (χ1) is 9.17. The Labute approximate surface area is 120 Å². The second-order valence-electron chi connectivity index (χ2n) is 6.24. The number of piperidine rings is 1. The quantitative estimate of drug-likeness (QED) is 0.694. The number of likely N-dealkylation sites (N-methyl/N-ethyl adjacent to an activating group) is 2. The largest absolute Gasteiger partial charge is 0.314 e. The van der Waals surface area contributed by atoms with Crippen LogP contribution in [0, 0.1) is 0 Å². The van der Waals surface area contributed by atoms with Crippen molar-refractivity contribution in [1.29, 1.82) is 0 Å². The predicted molar refractivity (Wildman–Crippen MR) is 84.8 cm³/mol. The molecule has 0 radical (unpaired) electrons. The highest BCUT2D eigenvalue weighted by atomic mass is 15.2. The SMILES string of the molecule is CCCNC(CC)CCCN(C)C1CCCN(C)C1. The molecule has 1 rings (SSSR count). The molecule has 0 amide bonds. The van der Waals surface area contributed by atoms with Crippen LogP contribution >= 0.6 is 0 Å². The predicted octanol–water partition coefficient (Wildman–Crippen LogP) is 2.57. The first-order valence-electron chi connectivity index (χ1n) is 8.29. The standard InChI is InChI=1S/C16H35N3/c1-5-11-17-15(6-2)9-7-13-19(4)16-10-8-12-18(3)14-16/h15-17H,5-14H2,1-4H3. The molecule has 0 aromatic rings. The van der Waals surface area contributed by atoms with E-state index in [2.05, 4.69) is 43.1 Å². The third-order valence-electron chi connectivity index (χ3n) is 4.46. The number of hydrogen-bond acceptors (Lipinski definition) is 3. The summed E-state index contributed by atoms with van der Waals surface area (Å²) in [5.41, 5.74) is 0. The van der Waals surface area contributed by atoms with Gasteiger partial charge in [-0.05, 0) is 72.3 Å². The average molecular weight is 269 g/mol. The molecule has 1 saturated heterocycles. The molecule has 1 N–H and O–H groups in total. The maximum absolute atomic E-state index is 3.65. The highest BCUT2D eigenvalue weighted by Gasteiger charge is 2.20. The van der Waals surface area contributed by atoms with Gasteiger partial charge in [0.25, 0.3) is 0 Å². The molecule has 0 aromatic carbocycles. The van der Waals surface area contributed by atoms with Crippen molar-refractivity contribution < 1.29 is 0 Å². The van der Waals surface area contributed by atoms with Crippen LogP contribution in [0.15, 0.2) is 0 Å². The van der Waals surface area contributed by atoms with Crippen molar-refractivity contribution in [2.45, 2.75) is 64.5 Å². The molecule has 19 heavy (non-hydrogen) atoms. The molecule has 3 heteroatoms. The molecule has 0 bridgehead atoms. The second kappa shape index (κ2) is 9.73. The van der Waals surface area contributed by atoms with Gasteiger partial charge in [-0.2, -0.15) is 0 Å². The lowest BCUT2D eigenvalue weighted by molar-refractivity contribution is 0.132. The molecule has 0 spiro atoms. The maximum atomic E-state index is 3.65. The smallest absolute Gasteiger partial charge is 0.0220 e. The van der Waals surface area contributed by atoms with Gasteiger partial charge >= 0.3 is 0 Å². The van der Waals surface area contributed by atoms with Crippen LogP contribution < -0.4 is 5.32 Å². The molecule has 3 nitrogen and oxygen atoms in total. The molecule has 0 aromatic heterocycles. The molecule has 1 aliphatic heterocycles. The van der Waals surface area contributed by atoms with Crippen molar-refractivity contribution >= 4 is 0 Å². The summed E-state index contributed by atoms with van der Waals surface area (Å²) >= 11 is 0. The van der Waals surface area contributed by atoms with Crippen LogP contribution in [0.3, 0.4) is 0 Å². The van der Waals surface area contributed by atoms with Gasteiger partial charge in [0.15, 0.2) is 0 Å². The van der Waals surface area contributed by atoms with E-state index in [1.54, 1.807) is 0 Å². The number of rotatable bonds is 9. The summed E-state index contributed by atoms with van der Waals surface area (Å²) in [5.74, 6) is 0. The molecule has 114 valence electrons. The Kier molecular flexibility index (Phi) is 8.67. The Morgan fingerprint density at radius 3 is 2.79 bits per heavy atom. The lowest BCUT2D eigenvalue weighted by Gasteiger charge is -2.36. The number of hydrogen-bond donors (Lipinski definition) is 1. The van der Waals surface area contributed by atoms with Gasteiger partial charge in [0.1, 0.15) is 0 Å². The first-order valence-corrected chi connectivity index (χ1v) is 8.29. The van der Waals surface area contributed by atoms with Gasteiger partial charge in [0.05, 0.1) is 0 Å². The molecule has 0 saturated carbocycles. The number of nitrogens with one attached hydrogen (secondary N) is 1. The summed E-state index contributed by atoms with van der Waals surface area (Å²) in [6.45, 7) is 9.50. The zero-order valence-corrected chi connectivity index (χ0v) is 13.6. The van der Waals surface area contributed by atoms with E-state index in [0.29, 0.717) is 0 Å². The molecular weight excluding hydrogens is 234 g/mol. The lowest BCUT2D eigenvalue weighted by Crippen LogP contribution is -2.45. The Hall–Kier alpha value is -0.120. The van der Waals surface area contributed by atoms with Crippen molar-refractivity contribution in [3.05, 3.63) is 0 Å². The van der Waals surface area contributed by atoms with Crippen LogP contribution in [-0.4, -0.2) is 62.2 Å². The summed E-state index contributed by atoms with van der Waals surface area (Å²) < 4.78 is 0. The van der Waals surface area contributed by atoms with Crippen molar-refractivity contribution in [2.75, 3.05) is 40.3 Å². The van der Waals surface area contributed by atoms with E-state index >= 15 is 0 Å². The van der Waals surface area contributed by atoms with E-state index < -0.39 is 0 Å². The zero-order valence-electron chi connectivity index (χ0n) is 13.6. The zero-order chi connectivity index (χ0) is 14.1. The van der Waals surface area contributed by atoms with E-state index in [9.17, 15) is 0 Å². The monoisotopic (exact) mass is 269 g/mol. The summed E-state index contributed by atoms with van der Waals surface area (Å²) in [5, 5.41) is 3.65. The molecule has 0 aliphatic carbocycles. The van der Waals surface area contributed by atoms with E-state index in [1.807, 2.05) is 0 Å². The number of likely N-dealkylation sites (tertiary alicyclic amines) is 1. The van der Waals surface area contributed by atoms with Crippen molar-refractivity contribution in [3.8, 4) is 0 Å². The fraction of sp³-hybridized carbons (Fsp3) is 1.00. The second-order valence-corrected chi connectivity index (χ2v) is 6.24. The number of nitrogens with zero attached hydrogens (tertiary/aromatic N) is 2. The van der Waals surface area contributed by atoms with Gasteiger partial charge in [-0.15, -0.1) is 0 Å². The minimum Gasteiger partial charge on any atom is -0.314 e. The Bertz CT molecular complexity index is 220. The van der Waals surface area contributed by atoms with E-state index in [4.69, 9.17) is 0 Å². The van der Waals surface area contributed by atoms with Gasteiger partial charge in [-0.25, -0.2) is 0 Å². The van der Waals surface area contributed by atoms with Crippen LogP contribution in [0.1, 0.15) is 52.4 Å². The Morgan fingerprint density at radius 2 is 2.16 bits per heavy atom. The van der Waals surface area contributed by atoms with E-state index in [1.165, 1.54) is 64.7 Å².